The first kappa shape index (κ1) is 18.7. The number of carbonyl (C=O) groups is 1. The summed E-state index contributed by atoms with van der Waals surface area (Å²) in [4.78, 5) is 32.2. The normalized spacial score (nSPS) is 17.0. The highest BCUT2D eigenvalue weighted by Gasteiger charge is 2.26. The lowest BCUT2D eigenvalue weighted by atomic mass is 10.1. The maximum Gasteiger partial charge on any atom is 0.261 e. The lowest BCUT2D eigenvalue weighted by Gasteiger charge is -2.31. The third-order valence-corrected chi connectivity index (χ3v) is 5.72. The molecule has 2 aromatic carbocycles. The molecule has 0 radical (unpaired) electrons. The number of aryl methyl sites for hydroxylation is 1. The molecule has 0 spiro atoms. The van der Waals surface area contributed by atoms with Crippen molar-refractivity contribution < 1.29 is 14.3 Å². The van der Waals surface area contributed by atoms with Crippen molar-refractivity contribution in [3.63, 3.8) is 0 Å². The SMILES string of the molecule is CCN(C[C@H]1COc2ccccc2O1)C(=O)c1ccc2c(=O)n3c(nc2c1)CCC3. The number of hydrogen-bond donors (Lipinski definition) is 0. The number of fused-ring (bicyclic) bond motifs is 3. The van der Waals surface area contributed by atoms with E-state index in [1.807, 2.05) is 31.2 Å². The molecule has 5 rings (SSSR count). The molecule has 30 heavy (non-hydrogen) atoms. The Kier molecular flexibility index (Phi) is 4.65. The number of ether oxygens (including phenoxy) is 2. The van der Waals surface area contributed by atoms with E-state index in [1.54, 1.807) is 27.7 Å². The second-order valence-corrected chi connectivity index (χ2v) is 7.66. The van der Waals surface area contributed by atoms with Crippen LogP contribution >= 0.6 is 0 Å². The Morgan fingerprint density at radius 2 is 2.07 bits per heavy atom. The summed E-state index contributed by atoms with van der Waals surface area (Å²) in [5.74, 6) is 2.11. The molecule has 7 heteroatoms. The van der Waals surface area contributed by atoms with Gasteiger partial charge in [0.05, 0.1) is 17.4 Å². The van der Waals surface area contributed by atoms with Crippen molar-refractivity contribution >= 4 is 16.8 Å². The topological polar surface area (TPSA) is 73.7 Å². The fourth-order valence-electron chi connectivity index (χ4n) is 4.15. The minimum atomic E-state index is -0.240. The van der Waals surface area contributed by atoms with E-state index >= 15 is 0 Å². The number of para-hydroxylation sites is 2. The van der Waals surface area contributed by atoms with E-state index in [9.17, 15) is 9.59 Å². The third-order valence-electron chi connectivity index (χ3n) is 5.72. The fourth-order valence-corrected chi connectivity index (χ4v) is 4.15. The van der Waals surface area contributed by atoms with Crippen LogP contribution < -0.4 is 15.0 Å². The smallest absolute Gasteiger partial charge is 0.261 e. The van der Waals surface area contributed by atoms with Crippen LogP contribution in [0.4, 0.5) is 0 Å². The standard InChI is InChI=1S/C23H23N3O4/c1-2-25(13-16-14-29-19-6-3-4-7-20(19)30-16)22(27)15-9-10-17-18(12-15)24-21-8-5-11-26(21)23(17)28/h3-4,6-7,9-10,12,16H,2,5,8,11,13-14H2,1H3/t16-/m0/s1. The first-order valence-corrected chi connectivity index (χ1v) is 10.4. The first-order valence-electron chi connectivity index (χ1n) is 10.4. The van der Waals surface area contributed by atoms with Gasteiger partial charge in [0.1, 0.15) is 12.4 Å². The van der Waals surface area contributed by atoms with Crippen LogP contribution in [-0.4, -0.2) is 46.2 Å². The van der Waals surface area contributed by atoms with Crippen molar-refractivity contribution in [2.75, 3.05) is 19.7 Å². The fraction of sp³-hybridized carbons (Fsp3) is 0.348. The van der Waals surface area contributed by atoms with Gasteiger partial charge in [-0.15, -0.1) is 0 Å². The summed E-state index contributed by atoms with van der Waals surface area (Å²) in [7, 11) is 0. The molecular weight excluding hydrogens is 382 g/mol. The summed E-state index contributed by atoms with van der Waals surface area (Å²) in [5.41, 5.74) is 1.09. The number of benzene rings is 2. The number of likely N-dealkylation sites (N-methyl/N-ethyl adjacent to an activating group) is 1. The zero-order valence-corrected chi connectivity index (χ0v) is 16.8. The molecule has 1 amide bonds. The summed E-state index contributed by atoms with van der Waals surface area (Å²) >= 11 is 0. The number of rotatable bonds is 4. The molecule has 0 fully saturated rings. The Morgan fingerprint density at radius 3 is 2.90 bits per heavy atom. The molecule has 0 unspecified atom stereocenters. The Balaban J connectivity index is 1.38. The van der Waals surface area contributed by atoms with Crippen molar-refractivity contribution in [2.45, 2.75) is 32.4 Å². The summed E-state index contributed by atoms with van der Waals surface area (Å²) in [6.07, 6.45) is 1.49. The summed E-state index contributed by atoms with van der Waals surface area (Å²) < 4.78 is 13.5. The molecule has 2 aliphatic rings. The number of carbonyl (C=O) groups excluding carboxylic acids is 1. The minimum absolute atomic E-state index is 0.0229. The molecule has 3 aromatic rings. The Labute approximate surface area is 173 Å². The molecule has 7 nitrogen and oxygen atoms in total. The Morgan fingerprint density at radius 1 is 1.23 bits per heavy atom. The van der Waals surface area contributed by atoms with Crippen LogP contribution in [0.3, 0.4) is 0 Å². The van der Waals surface area contributed by atoms with Crippen molar-refractivity contribution in [1.29, 1.82) is 0 Å². The van der Waals surface area contributed by atoms with Gasteiger partial charge >= 0.3 is 0 Å². The van der Waals surface area contributed by atoms with Crippen LogP contribution in [-0.2, 0) is 13.0 Å². The molecule has 0 saturated heterocycles. The average molecular weight is 405 g/mol. The van der Waals surface area contributed by atoms with Crippen molar-refractivity contribution in [1.82, 2.24) is 14.5 Å². The highest BCUT2D eigenvalue weighted by molar-refractivity contribution is 5.97. The van der Waals surface area contributed by atoms with E-state index in [0.29, 0.717) is 48.5 Å². The van der Waals surface area contributed by atoms with E-state index in [2.05, 4.69) is 4.98 Å². The van der Waals surface area contributed by atoms with E-state index in [0.717, 1.165) is 24.4 Å². The highest BCUT2D eigenvalue weighted by atomic mass is 16.6. The van der Waals surface area contributed by atoms with Crippen LogP contribution in [0.2, 0.25) is 0 Å². The number of hydrogen-bond acceptors (Lipinski definition) is 5. The maximum absolute atomic E-state index is 13.2. The molecule has 2 aliphatic heterocycles. The van der Waals surface area contributed by atoms with Gasteiger partial charge in [0.25, 0.3) is 11.5 Å². The summed E-state index contributed by atoms with van der Waals surface area (Å²) in [6.45, 7) is 4.01. The lowest BCUT2D eigenvalue weighted by molar-refractivity contribution is 0.0475. The van der Waals surface area contributed by atoms with Crippen molar-refractivity contribution in [3.05, 3.63) is 64.2 Å². The van der Waals surface area contributed by atoms with Crippen LogP contribution in [0, 0.1) is 0 Å². The van der Waals surface area contributed by atoms with Gasteiger partial charge < -0.3 is 14.4 Å². The molecule has 1 aromatic heterocycles. The van der Waals surface area contributed by atoms with Crippen LogP contribution in [0.25, 0.3) is 10.9 Å². The zero-order chi connectivity index (χ0) is 20.7. The quantitative estimate of drug-likeness (QED) is 0.667. The molecule has 154 valence electrons. The van der Waals surface area contributed by atoms with E-state index < -0.39 is 0 Å². The van der Waals surface area contributed by atoms with Gasteiger partial charge in [-0.05, 0) is 43.7 Å². The minimum Gasteiger partial charge on any atom is -0.486 e. The Bertz CT molecular complexity index is 1190. The molecule has 0 bridgehead atoms. The molecule has 0 saturated carbocycles. The van der Waals surface area contributed by atoms with Gasteiger partial charge in [-0.2, -0.15) is 0 Å². The molecule has 3 heterocycles. The number of aromatic nitrogens is 2. The van der Waals surface area contributed by atoms with Gasteiger partial charge in [-0.3, -0.25) is 14.2 Å². The van der Waals surface area contributed by atoms with Crippen LogP contribution in [0.5, 0.6) is 11.5 Å². The lowest BCUT2D eigenvalue weighted by Crippen LogP contribution is -2.43. The van der Waals surface area contributed by atoms with Gasteiger partial charge in [-0.1, -0.05) is 12.1 Å². The van der Waals surface area contributed by atoms with Crippen LogP contribution in [0.1, 0.15) is 29.5 Å². The molecule has 0 aliphatic carbocycles. The summed E-state index contributed by atoms with van der Waals surface area (Å²) in [5, 5.41) is 0.556. The van der Waals surface area contributed by atoms with Gasteiger partial charge in [-0.25, -0.2) is 4.98 Å². The van der Waals surface area contributed by atoms with Gasteiger partial charge in [0.15, 0.2) is 17.6 Å². The van der Waals surface area contributed by atoms with E-state index in [4.69, 9.17) is 9.47 Å². The zero-order valence-electron chi connectivity index (χ0n) is 16.8. The second kappa shape index (κ2) is 7.48. The predicted molar refractivity (Wildman–Crippen MR) is 112 cm³/mol. The highest BCUT2D eigenvalue weighted by Crippen LogP contribution is 2.31. The molecule has 1 atom stereocenters. The van der Waals surface area contributed by atoms with Crippen molar-refractivity contribution in [2.24, 2.45) is 0 Å². The average Bonchev–Trinajstić information content (AvgIpc) is 3.25. The maximum atomic E-state index is 13.2. The monoisotopic (exact) mass is 405 g/mol. The Hall–Kier alpha value is -3.35. The molecular formula is C23H23N3O4. The van der Waals surface area contributed by atoms with E-state index in [1.165, 1.54) is 0 Å². The molecule has 0 N–H and O–H groups in total. The second-order valence-electron chi connectivity index (χ2n) is 7.66. The van der Waals surface area contributed by atoms with Gasteiger partial charge in [0.2, 0.25) is 0 Å². The van der Waals surface area contributed by atoms with Crippen LogP contribution in [0.15, 0.2) is 47.3 Å². The first-order chi connectivity index (χ1) is 14.6. The van der Waals surface area contributed by atoms with E-state index in [-0.39, 0.29) is 17.6 Å². The summed E-state index contributed by atoms with van der Waals surface area (Å²) in [6, 6.07) is 12.7. The van der Waals surface area contributed by atoms with Gasteiger partial charge in [0, 0.05) is 25.1 Å². The number of amides is 1. The largest absolute Gasteiger partial charge is 0.486 e. The third kappa shape index (κ3) is 3.20. The predicted octanol–water partition coefficient (Wildman–Crippen LogP) is 2.64. The van der Waals surface area contributed by atoms with Crippen molar-refractivity contribution in [3.8, 4) is 11.5 Å². The number of nitrogens with zero attached hydrogens (tertiary/aromatic N) is 3.